The molecule has 0 N–H and O–H groups in total. The van der Waals surface area contributed by atoms with Crippen molar-refractivity contribution in [3.05, 3.63) is 22.8 Å². The fourth-order valence-corrected chi connectivity index (χ4v) is 3.54. The number of anilines is 1. The molecule has 3 heterocycles. The molecule has 6 heteroatoms. The van der Waals surface area contributed by atoms with Gasteiger partial charge in [-0.25, -0.2) is 4.98 Å². The molecule has 1 aromatic heterocycles. The third kappa shape index (κ3) is 3.43. The molecule has 120 valence electrons. The van der Waals surface area contributed by atoms with E-state index >= 15 is 0 Å². The van der Waals surface area contributed by atoms with Crippen LogP contribution in [0.15, 0.2) is 22.8 Å². The molecule has 0 aromatic carbocycles. The first-order valence-corrected chi connectivity index (χ1v) is 8.45. The van der Waals surface area contributed by atoms with E-state index in [0.29, 0.717) is 18.6 Å². The number of carbonyl (C=O) groups is 1. The van der Waals surface area contributed by atoms with E-state index in [4.69, 9.17) is 4.74 Å². The lowest BCUT2D eigenvalue weighted by Gasteiger charge is -2.34. The maximum absolute atomic E-state index is 12.0. The van der Waals surface area contributed by atoms with Gasteiger partial charge in [-0.3, -0.25) is 9.69 Å². The van der Waals surface area contributed by atoms with Gasteiger partial charge in [-0.15, -0.1) is 0 Å². The first-order valence-electron chi connectivity index (χ1n) is 7.66. The Hall–Kier alpha value is -1.14. The predicted molar refractivity (Wildman–Crippen MR) is 88.9 cm³/mol. The van der Waals surface area contributed by atoms with Crippen LogP contribution in [0.2, 0.25) is 0 Å². The Morgan fingerprint density at radius 2 is 2.14 bits per heavy atom. The molecular formula is C16H22BrN3O2. The van der Waals surface area contributed by atoms with Crippen LogP contribution >= 0.6 is 15.9 Å². The van der Waals surface area contributed by atoms with Gasteiger partial charge in [0.25, 0.3) is 0 Å². The number of fused-ring (bicyclic) bond motifs is 2. The van der Waals surface area contributed by atoms with E-state index in [1.165, 1.54) is 0 Å². The molecule has 2 aliphatic rings. The maximum atomic E-state index is 12.0. The van der Waals surface area contributed by atoms with Crippen LogP contribution in [0.25, 0.3) is 0 Å². The van der Waals surface area contributed by atoms with Crippen molar-refractivity contribution in [1.82, 2.24) is 9.88 Å². The SMILES string of the molecule is CC(C)(C)OC(=O)CN1C[C@@H]2C[C@H]1CN2c1ccc(Br)cn1. The van der Waals surface area contributed by atoms with Gasteiger partial charge in [0, 0.05) is 35.8 Å². The number of hydrogen-bond acceptors (Lipinski definition) is 5. The number of pyridine rings is 1. The lowest BCUT2D eigenvalue weighted by molar-refractivity contribution is -0.156. The number of aromatic nitrogens is 1. The highest BCUT2D eigenvalue weighted by molar-refractivity contribution is 9.10. The smallest absolute Gasteiger partial charge is 0.320 e. The van der Waals surface area contributed by atoms with Gasteiger partial charge in [0.1, 0.15) is 11.4 Å². The first-order chi connectivity index (χ1) is 10.3. The molecule has 3 rings (SSSR count). The summed E-state index contributed by atoms with van der Waals surface area (Å²) >= 11 is 3.41. The van der Waals surface area contributed by atoms with Crippen molar-refractivity contribution in [2.24, 2.45) is 0 Å². The van der Waals surface area contributed by atoms with Gasteiger partial charge < -0.3 is 9.64 Å². The minimum Gasteiger partial charge on any atom is -0.459 e. The summed E-state index contributed by atoms with van der Waals surface area (Å²) < 4.78 is 6.41. The third-order valence-corrected chi connectivity index (χ3v) is 4.58. The molecule has 0 spiro atoms. The van der Waals surface area contributed by atoms with Crippen molar-refractivity contribution >= 4 is 27.7 Å². The number of piperazine rings is 1. The van der Waals surface area contributed by atoms with Crippen LogP contribution in [-0.4, -0.2) is 53.2 Å². The van der Waals surface area contributed by atoms with Gasteiger partial charge in [-0.1, -0.05) is 0 Å². The van der Waals surface area contributed by atoms with Gasteiger partial charge in [0.2, 0.25) is 0 Å². The molecule has 2 saturated heterocycles. The largest absolute Gasteiger partial charge is 0.459 e. The Balaban J connectivity index is 1.58. The Bertz CT molecular complexity index is 556. The van der Waals surface area contributed by atoms with Crippen molar-refractivity contribution in [3.8, 4) is 0 Å². The highest BCUT2D eigenvalue weighted by atomic mass is 79.9. The molecule has 1 aromatic rings. The molecule has 2 fully saturated rings. The molecule has 0 radical (unpaired) electrons. The average Bonchev–Trinajstić information content (AvgIpc) is 2.96. The number of likely N-dealkylation sites (tertiary alicyclic amines) is 1. The molecule has 5 nitrogen and oxygen atoms in total. The van der Waals surface area contributed by atoms with Gasteiger partial charge in [0.15, 0.2) is 0 Å². The Morgan fingerprint density at radius 1 is 1.36 bits per heavy atom. The second-order valence-electron chi connectivity index (χ2n) is 7.05. The molecular weight excluding hydrogens is 346 g/mol. The zero-order chi connectivity index (χ0) is 15.9. The second kappa shape index (κ2) is 5.81. The second-order valence-corrected chi connectivity index (χ2v) is 7.96. The van der Waals surface area contributed by atoms with Crippen LogP contribution in [0.1, 0.15) is 27.2 Å². The quantitative estimate of drug-likeness (QED) is 0.767. The Morgan fingerprint density at radius 3 is 2.68 bits per heavy atom. The zero-order valence-electron chi connectivity index (χ0n) is 13.3. The predicted octanol–water partition coefficient (Wildman–Crippen LogP) is 2.45. The van der Waals surface area contributed by atoms with Gasteiger partial charge in [0.05, 0.1) is 6.54 Å². The van der Waals surface area contributed by atoms with Gasteiger partial charge in [-0.05, 0) is 55.3 Å². The highest BCUT2D eigenvalue weighted by Crippen LogP contribution is 2.33. The number of esters is 1. The molecule has 22 heavy (non-hydrogen) atoms. The highest BCUT2D eigenvalue weighted by Gasteiger charge is 2.44. The zero-order valence-corrected chi connectivity index (χ0v) is 14.8. The van der Waals surface area contributed by atoms with E-state index in [-0.39, 0.29) is 5.97 Å². The van der Waals surface area contributed by atoms with Crippen LogP contribution in [-0.2, 0) is 9.53 Å². The summed E-state index contributed by atoms with van der Waals surface area (Å²) in [5.41, 5.74) is -0.413. The molecule has 0 amide bonds. The molecule has 2 bridgehead atoms. The van der Waals surface area contributed by atoms with E-state index in [1.54, 1.807) is 0 Å². The van der Waals surface area contributed by atoms with Crippen LogP contribution in [0.4, 0.5) is 5.82 Å². The molecule has 2 aliphatic heterocycles. The van der Waals surface area contributed by atoms with E-state index in [0.717, 1.165) is 29.8 Å². The van der Waals surface area contributed by atoms with Gasteiger partial charge >= 0.3 is 5.97 Å². The van der Waals surface area contributed by atoms with Crippen LogP contribution < -0.4 is 4.90 Å². The summed E-state index contributed by atoms with van der Waals surface area (Å²) in [4.78, 5) is 21.1. The minimum absolute atomic E-state index is 0.131. The summed E-state index contributed by atoms with van der Waals surface area (Å²) in [5, 5.41) is 0. The lowest BCUT2D eigenvalue weighted by Crippen LogP contribution is -2.49. The number of halogens is 1. The van der Waals surface area contributed by atoms with E-state index in [1.807, 2.05) is 39.1 Å². The fraction of sp³-hybridized carbons (Fsp3) is 0.625. The fourth-order valence-electron chi connectivity index (χ4n) is 3.30. The topological polar surface area (TPSA) is 45.7 Å². The van der Waals surface area contributed by atoms with Crippen molar-refractivity contribution < 1.29 is 9.53 Å². The summed E-state index contributed by atoms with van der Waals surface area (Å²) in [5.74, 6) is 0.890. The van der Waals surface area contributed by atoms with Crippen molar-refractivity contribution in [2.75, 3.05) is 24.5 Å². The summed E-state index contributed by atoms with van der Waals surface area (Å²) in [6.07, 6.45) is 2.93. The average molecular weight is 368 g/mol. The number of hydrogen-bond donors (Lipinski definition) is 0. The number of ether oxygens (including phenoxy) is 1. The summed E-state index contributed by atoms with van der Waals surface area (Å²) in [6.45, 7) is 7.94. The normalized spacial score (nSPS) is 24.8. The van der Waals surface area contributed by atoms with E-state index in [2.05, 4.69) is 30.7 Å². The molecule has 0 unspecified atom stereocenters. The van der Waals surface area contributed by atoms with E-state index < -0.39 is 5.60 Å². The number of carbonyl (C=O) groups excluding carboxylic acids is 1. The Labute approximate surface area is 139 Å². The number of rotatable bonds is 3. The maximum Gasteiger partial charge on any atom is 0.320 e. The molecule has 2 atom stereocenters. The summed E-state index contributed by atoms with van der Waals surface area (Å²) in [7, 11) is 0. The third-order valence-electron chi connectivity index (χ3n) is 4.11. The van der Waals surface area contributed by atoms with Crippen molar-refractivity contribution in [1.29, 1.82) is 0 Å². The first kappa shape index (κ1) is 15.7. The van der Waals surface area contributed by atoms with Crippen molar-refractivity contribution in [3.63, 3.8) is 0 Å². The molecule has 0 aliphatic carbocycles. The van der Waals surface area contributed by atoms with Gasteiger partial charge in [-0.2, -0.15) is 0 Å². The van der Waals surface area contributed by atoms with Crippen LogP contribution in [0.3, 0.4) is 0 Å². The Kier molecular flexibility index (Phi) is 4.16. The monoisotopic (exact) mass is 367 g/mol. The molecule has 0 saturated carbocycles. The number of nitrogens with zero attached hydrogens (tertiary/aromatic N) is 3. The van der Waals surface area contributed by atoms with Crippen LogP contribution in [0, 0.1) is 0 Å². The van der Waals surface area contributed by atoms with Crippen LogP contribution in [0.5, 0.6) is 0 Å². The van der Waals surface area contributed by atoms with E-state index in [9.17, 15) is 4.79 Å². The van der Waals surface area contributed by atoms with Crippen molar-refractivity contribution in [2.45, 2.75) is 44.9 Å². The lowest BCUT2D eigenvalue weighted by atomic mass is 10.2. The summed E-state index contributed by atoms with van der Waals surface area (Å²) in [6, 6.07) is 4.93. The standard InChI is InChI=1S/C16H22BrN3O2/c1-16(2,3)22-15(21)10-19-8-13-6-12(19)9-20(13)14-5-4-11(17)7-18-14/h4-5,7,12-13H,6,8-10H2,1-3H3/t12-,13-/m0/s1. The minimum atomic E-state index is -0.413.